The molecule has 2 aromatic rings. The van der Waals surface area contributed by atoms with Crippen LogP contribution >= 0.6 is 0 Å². The molecule has 1 saturated carbocycles. The van der Waals surface area contributed by atoms with Crippen LogP contribution in [0.5, 0.6) is 5.88 Å². The van der Waals surface area contributed by atoms with Crippen LogP contribution in [0.15, 0.2) is 30.5 Å². The minimum Gasteiger partial charge on any atom is -0.477 e. The summed E-state index contributed by atoms with van der Waals surface area (Å²) in [7, 11) is 0. The maximum Gasteiger partial charge on any atom is 0.221 e. The van der Waals surface area contributed by atoms with Crippen molar-refractivity contribution in [1.29, 1.82) is 0 Å². The monoisotopic (exact) mass is 284 g/mol. The predicted octanol–water partition coefficient (Wildman–Crippen LogP) is 3.91. The Labute approximate surface area is 126 Å². The average Bonchev–Trinajstić information content (AvgIpc) is 3.26. The summed E-state index contributed by atoms with van der Waals surface area (Å²) in [5.41, 5.74) is 1.32. The lowest BCUT2D eigenvalue weighted by molar-refractivity contribution is 0.292. The Hall–Kier alpha value is -1.61. The van der Waals surface area contributed by atoms with Crippen LogP contribution in [0.2, 0.25) is 0 Å². The quantitative estimate of drug-likeness (QED) is 0.904. The fraction of sp³-hybridized carbons (Fsp3) is 0.500. The molecule has 1 N–H and O–H groups in total. The molecule has 1 aromatic heterocycles. The average molecular weight is 284 g/mol. The number of nitrogens with one attached hydrogen (secondary N) is 1. The summed E-state index contributed by atoms with van der Waals surface area (Å²) in [6.45, 7) is 8.15. The summed E-state index contributed by atoms with van der Waals surface area (Å²) in [6, 6.07) is 8.38. The highest BCUT2D eigenvalue weighted by molar-refractivity contribution is 5.89. The van der Waals surface area contributed by atoms with Gasteiger partial charge in [0.15, 0.2) is 0 Å². The van der Waals surface area contributed by atoms with Gasteiger partial charge in [-0.15, -0.1) is 0 Å². The van der Waals surface area contributed by atoms with E-state index in [0.29, 0.717) is 0 Å². The van der Waals surface area contributed by atoms with Gasteiger partial charge >= 0.3 is 0 Å². The third-order valence-electron chi connectivity index (χ3n) is 3.80. The smallest absolute Gasteiger partial charge is 0.221 e. The first-order chi connectivity index (χ1) is 10.0. The van der Waals surface area contributed by atoms with Crippen molar-refractivity contribution in [2.45, 2.75) is 45.7 Å². The van der Waals surface area contributed by atoms with E-state index in [9.17, 15) is 0 Å². The molecule has 3 heteroatoms. The standard InChI is InChI=1S/C18H24N2O/c1-18(2,3)20-11-14-10-19-17(21-12-13-8-9-13)16-7-5-4-6-15(14)16/h4-7,10,13,20H,8-9,11-12H2,1-3H3. The van der Waals surface area contributed by atoms with E-state index >= 15 is 0 Å². The van der Waals surface area contributed by atoms with Gasteiger partial charge in [-0.25, -0.2) is 4.98 Å². The van der Waals surface area contributed by atoms with Crippen LogP contribution in [-0.2, 0) is 6.54 Å². The van der Waals surface area contributed by atoms with Gasteiger partial charge in [-0.3, -0.25) is 0 Å². The summed E-state index contributed by atoms with van der Waals surface area (Å²) >= 11 is 0. The first kappa shape index (κ1) is 14.3. The highest BCUT2D eigenvalue weighted by Gasteiger charge is 2.22. The van der Waals surface area contributed by atoms with Crippen LogP contribution < -0.4 is 10.1 Å². The van der Waals surface area contributed by atoms with E-state index < -0.39 is 0 Å². The van der Waals surface area contributed by atoms with Crippen LogP contribution in [0.25, 0.3) is 10.8 Å². The molecule has 0 bridgehead atoms. The zero-order chi connectivity index (χ0) is 14.9. The second-order valence-corrected chi connectivity index (χ2v) is 6.99. The van der Waals surface area contributed by atoms with Gasteiger partial charge in [0.05, 0.1) is 6.61 Å². The number of aromatic nitrogens is 1. The van der Waals surface area contributed by atoms with Gasteiger partial charge < -0.3 is 10.1 Å². The van der Waals surface area contributed by atoms with Gasteiger partial charge in [-0.2, -0.15) is 0 Å². The van der Waals surface area contributed by atoms with Crippen molar-refractivity contribution in [3.05, 3.63) is 36.0 Å². The van der Waals surface area contributed by atoms with Crippen molar-refractivity contribution >= 4 is 10.8 Å². The van der Waals surface area contributed by atoms with E-state index in [1.807, 2.05) is 6.20 Å². The third kappa shape index (κ3) is 3.73. The topological polar surface area (TPSA) is 34.2 Å². The predicted molar refractivity (Wildman–Crippen MR) is 86.6 cm³/mol. The number of hydrogen-bond acceptors (Lipinski definition) is 3. The number of rotatable bonds is 5. The Balaban J connectivity index is 1.86. The zero-order valence-electron chi connectivity index (χ0n) is 13.1. The first-order valence-electron chi connectivity index (χ1n) is 7.77. The molecule has 0 saturated heterocycles. The number of pyridine rings is 1. The van der Waals surface area contributed by atoms with Gasteiger partial charge in [0, 0.05) is 23.7 Å². The Bertz CT molecular complexity index is 627. The van der Waals surface area contributed by atoms with Gasteiger partial charge in [0.2, 0.25) is 5.88 Å². The largest absolute Gasteiger partial charge is 0.477 e. The van der Waals surface area contributed by atoms with Crippen LogP contribution in [0.3, 0.4) is 0 Å². The van der Waals surface area contributed by atoms with Crippen molar-refractivity contribution in [3.63, 3.8) is 0 Å². The number of hydrogen-bond donors (Lipinski definition) is 1. The molecule has 0 atom stereocenters. The molecule has 21 heavy (non-hydrogen) atoms. The van der Waals surface area contributed by atoms with Crippen molar-refractivity contribution in [2.24, 2.45) is 5.92 Å². The third-order valence-corrected chi connectivity index (χ3v) is 3.80. The Morgan fingerprint density at radius 1 is 1.19 bits per heavy atom. The van der Waals surface area contributed by atoms with E-state index in [0.717, 1.165) is 30.3 Å². The Morgan fingerprint density at radius 2 is 1.90 bits per heavy atom. The van der Waals surface area contributed by atoms with Crippen molar-refractivity contribution in [1.82, 2.24) is 10.3 Å². The molecule has 3 rings (SSSR count). The number of fused-ring (bicyclic) bond motifs is 1. The van der Waals surface area contributed by atoms with Crippen LogP contribution in [0, 0.1) is 5.92 Å². The maximum atomic E-state index is 5.91. The number of benzene rings is 1. The van der Waals surface area contributed by atoms with E-state index in [2.05, 4.69) is 55.3 Å². The second kappa shape index (κ2) is 5.64. The highest BCUT2D eigenvalue weighted by atomic mass is 16.5. The van der Waals surface area contributed by atoms with Crippen molar-refractivity contribution < 1.29 is 4.74 Å². The van der Waals surface area contributed by atoms with E-state index in [1.165, 1.54) is 23.8 Å². The molecule has 1 heterocycles. The van der Waals surface area contributed by atoms with Crippen molar-refractivity contribution in [2.75, 3.05) is 6.61 Å². The molecule has 0 aliphatic heterocycles. The molecule has 3 nitrogen and oxygen atoms in total. The molecular formula is C18H24N2O. The second-order valence-electron chi connectivity index (χ2n) is 6.99. The molecule has 0 unspecified atom stereocenters. The molecule has 1 fully saturated rings. The van der Waals surface area contributed by atoms with E-state index in [1.54, 1.807) is 0 Å². The normalized spacial score (nSPS) is 15.4. The summed E-state index contributed by atoms with van der Waals surface area (Å²) < 4.78 is 5.91. The molecule has 1 aliphatic carbocycles. The van der Waals surface area contributed by atoms with E-state index in [-0.39, 0.29) is 5.54 Å². The summed E-state index contributed by atoms with van der Waals surface area (Å²) in [6.07, 6.45) is 4.54. The molecule has 112 valence electrons. The Kier molecular flexibility index (Phi) is 3.85. The van der Waals surface area contributed by atoms with Crippen LogP contribution in [0.1, 0.15) is 39.2 Å². The number of ether oxygens (including phenoxy) is 1. The maximum absolute atomic E-state index is 5.91. The Morgan fingerprint density at radius 3 is 2.57 bits per heavy atom. The highest BCUT2D eigenvalue weighted by Crippen LogP contribution is 2.31. The first-order valence-corrected chi connectivity index (χ1v) is 7.77. The molecule has 0 radical (unpaired) electrons. The van der Waals surface area contributed by atoms with Gasteiger partial charge in [-0.1, -0.05) is 18.2 Å². The summed E-state index contributed by atoms with van der Waals surface area (Å²) in [5.74, 6) is 1.52. The van der Waals surface area contributed by atoms with Gasteiger partial charge in [0.1, 0.15) is 0 Å². The lowest BCUT2D eigenvalue weighted by Crippen LogP contribution is -2.35. The molecular weight excluding hydrogens is 260 g/mol. The summed E-state index contributed by atoms with van der Waals surface area (Å²) in [4.78, 5) is 4.55. The summed E-state index contributed by atoms with van der Waals surface area (Å²) in [5, 5.41) is 5.88. The van der Waals surface area contributed by atoms with Crippen molar-refractivity contribution in [3.8, 4) is 5.88 Å². The molecule has 0 amide bonds. The molecule has 1 aromatic carbocycles. The van der Waals surface area contributed by atoms with Gasteiger partial charge in [0.25, 0.3) is 0 Å². The zero-order valence-corrected chi connectivity index (χ0v) is 13.1. The minimum atomic E-state index is 0.0995. The molecule has 1 aliphatic rings. The fourth-order valence-electron chi connectivity index (χ4n) is 2.32. The van der Waals surface area contributed by atoms with E-state index in [4.69, 9.17) is 4.74 Å². The van der Waals surface area contributed by atoms with Crippen LogP contribution in [0.4, 0.5) is 0 Å². The van der Waals surface area contributed by atoms with Gasteiger partial charge in [-0.05, 0) is 56.5 Å². The van der Waals surface area contributed by atoms with Crippen LogP contribution in [-0.4, -0.2) is 17.1 Å². The molecule has 0 spiro atoms. The fourth-order valence-corrected chi connectivity index (χ4v) is 2.32. The lowest BCUT2D eigenvalue weighted by Gasteiger charge is -2.21. The number of nitrogens with zero attached hydrogens (tertiary/aromatic N) is 1. The SMILES string of the molecule is CC(C)(C)NCc1cnc(OCC2CC2)c2ccccc12. The minimum absolute atomic E-state index is 0.0995. The lowest BCUT2D eigenvalue weighted by atomic mass is 10.1.